The summed E-state index contributed by atoms with van der Waals surface area (Å²) in [5, 5.41) is 2.37. The molecule has 1 saturated heterocycles. The molecule has 30 heavy (non-hydrogen) atoms. The SMILES string of the molecule is O=C(COC(=O)c1ccc(OCC2CCCO2)cc1)Nc1ccccc1OC(F)F. The number of hydrogen-bond acceptors (Lipinski definition) is 6. The number of hydrogen-bond donors (Lipinski definition) is 1. The fourth-order valence-corrected chi connectivity index (χ4v) is 2.82. The van der Waals surface area contributed by atoms with E-state index < -0.39 is 25.1 Å². The topological polar surface area (TPSA) is 83.1 Å². The van der Waals surface area contributed by atoms with Gasteiger partial charge in [0.1, 0.15) is 18.1 Å². The molecule has 0 bridgehead atoms. The number of carbonyl (C=O) groups is 2. The van der Waals surface area contributed by atoms with Crippen molar-refractivity contribution in [1.29, 1.82) is 0 Å². The Bertz CT molecular complexity index is 853. The third kappa shape index (κ3) is 6.41. The smallest absolute Gasteiger partial charge is 0.387 e. The summed E-state index contributed by atoms with van der Waals surface area (Å²) in [4.78, 5) is 24.1. The molecule has 2 aromatic rings. The van der Waals surface area contributed by atoms with Gasteiger partial charge in [-0.05, 0) is 49.2 Å². The van der Waals surface area contributed by atoms with Crippen LogP contribution in [0.15, 0.2) is 48.5 Å². The summed E-state index contributed by atoms with van der Waals surface area (Å²) < 4.78 is 45.2. The first-order valence-corrected chi connectivity index (χ1v) is 9.36. The van der Waals surface area contributed by atoms with Crippen molar-refractivity contribution in [2.45, 2.75) is 25.6 Å². The summed E-state index contributed by atoms with van der Waals surface area (Å²) in [6, 6.07) is 12.0. The Kier molecular flexibility index (Phi) is 7.56. The molecule has 1 aliphatic heterocycles. The van der Waals surface area contributed by atoms with Crippen LogP contribution in [0.3, 0.4) is 0 Å². The number of benzene rings is 2. The van der Waals surface area contributed by atoms with Crippen molar-refractivity contribution in [2.75, 3.05) is 25.1 Å². The van der Waals surface area contributed by atoms with E-state index >= 15 is 0 Å². The highest BCUT2D eigenvalue weighted by Gasteiger charge is 2.17. The summed E-state index contributed by atoms with van der Waals surface area (Å²) in [6.07, 6.45) is 2.08. The Labute approximate surface area is 171 Å². The van der Waals surface area contributed by atoms with E-state index in [1.165, 1.54) is 30.3 Å². The highest BCUT2D eigenvalue weighted by atomic mass is 19.3. The van der Waals surface area contributed by atoms with E-state index in [1.54, 1.807) is 18.2 Å². The second kappa shape index (κ2) is 10.5. The van der Waals surface area contributed by atoms with Crippen LogP contribution in [0.1, 0.15) is 23.2 Å². The lowest BCUT2D eigenvalue weighted by Crippen LogP contribution is -2.21. The number of carbonyl (C=O) groups excluding carboxylic acids is 2. The summed E-state index contributed by atoms with van der Waals surface area (Å²) in [6.45, 7) is -2.42. The fraction of sp³-hybridized carbons (Fsp3) is 0.333. The number of rotatable bonds is 9. The van der Waals surface area contributed by atoms with Gasteiger partial charge in [-0.15, -0.1) is 0 Å². The second-order valence-electron chi connectivity index (χ2n) is 6.47. The van der Waals surface area contributed by atoms with Crippen molar-refractivity contribution in [3.63, 3.8) is 0 Å². The number of anilines is 1. The first-order valence-electron chi connectivity index (χ1n) is 9.36. The number of alkyl halides is 2. The van der Waals surface area contributed by atoms with Gasteiger partial charge in [0.25, 0.3) is 5.91 Å². The number of amides is 1. The van der Waals surface area contributed by atoms with Crippen molar-refractivity contribution in [3.8, 4) is 11.5 Å². The molecule has 0 radical (unpaired) electrons. The molecular formula is C21H21F2NO6. The maximum absolute atomic E-state index is 12.4. The molecule has 1 atom stereocenters. The van der Waals surface area contributed by atoms with Crippen molar-refractivity contribution >= 4 is 17.6 Å². The van der Waals surface area contributed by atoms with Gasteiger partial charge < -0.3 is 24.3 Å². The van der Waals surface area contributed by atoms with Crippen molar-refractivity contribution in [2.24, 2.45) is 0 Å². The molecule has 9 heteroatoms. The van der Waals surface area contributed by atoms with E-state index in [9.17, 15) is 18.4 Å². The Hall–Kier alpha value is -3.20. The zero-order valence-electron chi connectivity index (χ0n) is 16.0. The maximum atomic E-state index is 12.4. The van der Waals surface area contributed by atoms with Gasteiger partial charge in [-0.25, -0.2) is 4.79 Å². The van der Waals surface area contributed by atoms with E-state index in [0.717, 1.165) is 19.4 Å². The fourth-order valence-electron chi connectivity index (χ4n) is 2.82. The number of nitrogens with one attached hydrogen (secondary N) is 1. The largest absolute Gasteiger partial charge is 0.491 e. The van der Waals surface area contributed by atoms with Crippen LogP contribution in [0.25, 0.3) is 0 Å². The highest BCUT2D eigenvalue weighted by molar-refractivity contribution is 5.96. The molecule has 1 N–H and O–H groups in total. The molecule has 1 unspecified atom stereocenters. The van der Waals surface area contributed by atoms with Gasteiger partial charge in [0, 0.05) is 6.61 Å². The van der Waals surface area contributed by atoms with Gasteiger partial charge in [0.15, 0.2) is 6.61 Å². The molecule has 1 fully saturated rings. The molecule has 1 amide bonds. The molecule has 1 aliphatic rings. The predicted molar refractivity (Wildman–Crippen MR) is 103 cm³/mol. The number of halogens is 2. The Balaban J connectivity index is 1.46. The van der Waals surface area contributed by atoms with Crippen LogP contribution in [0.2, 0.25) is 0 Å². The van der Waals surface area contributed by atoms with Crippen LogP contribution in [0.4, 0.5) is 14.5 Å². The lowest BCUT2D eigenvalue weighted by molar-refractivity contribution is -0.119. The van der Waals surface area contributed by atoms with Gasteiger partial charge in [-0.3, -0.25) is 4.79 Å². The third-order valence-electron chi connectivity index (χ3n) is 4.26. The van der Waals surface area contributed by atoms with Gasteiger partial charge in [-0.2, -0.15) is 8.78 Å². The predicted octanol–water partition coefficient (Wildman–Crippen LogP) is 3.64. The number of esters is 1. The number of para-hydroxylation sites is 2. The van der Waals surface area contributed by atoms with Gasteiger partial charge in [0.2, 0.25) is 0 Å². The third-order valence-corrected chi connectivity index (χ3v) is 4.26. The summed E-state index contributed by atoms with van der Waals surface area (Å²) in [5.74, 6) is -0.987. The van der Waals surface area contributed by atoms with Crippen LogP contribution in [-0.4, -0.2) is 44.4 Å². The van der Waals surface area contributed by atoms with Crippen LogP contribution < -0.4 is 14.8 Å². The van der Waals surface area contributed by atoms with E-state index in [4.69, 9.17) is 14.2 Å². The van der Waals surface area contributed by atoms with Crippen LogP contribution in [0.5, 0.6) is 11.5 Å². The second-order valence-corrected chi connectivity index (χ2v) is 6.47. The molecular weight excluding hydrogens is 400 g/mol. The van der Waals surface area contributed by atoms with E-state index in [0.29, 0.717) is 12.4 Å². The van der Waals surface area contributed by atoms with Gasteiger partial charge in [0.05, 0.1) is 17.4 Å². The standard InChI is InChI=1S/C21H21F2NO6/c22-21(23)30-18-6-2-1-5-17(18)24-19(25)13-29-20(26)14-7-9-15(10-8-14)28-12-16-4-3-11-27-16/h1-2,5-10,16,21H,3-4,11-13H2,(H,24,25). The van der Waals surface area contributed by atoms with E-state index in [2.05, 4.69) is 10.1 Å². The Morgan fingerprint density at radius 1 is 1.13 bits per heavy atom. The molecule has 1 heterocycles. The zero-order valence-corrected chi connectivity index (χ0v) is 16.0. The minimum Gasteiger partial charge on any atom is -0.491 e. The first kappa shape index (κ1) is 21.5. The minimum absolute atomic E-state index is 0.0478. The van der Waals surface area contributed by atoms with Crippen molar-refractivity contribution < 1.29 is 37.3 Å². The molecule has 0 aromatic heterocycles. The van der Waals surface area contributed by atoms with Crippen molar-refractivity contribution in [1.82, 2.24) is 0 Å². The summed E-state index contributed by atoms with van der Waals surface area (Å²) >= 11 is 0. The van der Waals surface area contributed by atoms with E-state index in [1.807, 2.05) is 0 Å². The number of ether oxygens (including phenoxy) is 4. The zero-order chi connectivity index (χ0) is 21.3. The molecule has 0 saturated carbocycles. The van der Waals surface area contributed by atoms with Gasteiger partial charge in [-0.1, -0.05) is 12.1 Å². The summed E-state index contributed by atoms with van der Waals surface area (Å²) in [5.41, 5.74) is 0.292. The molecule has 2 aromatic carbocycles. The minimum atomic E-state index is -3.03. The molecule has 3 rings (SSSR count). The molecule has 160 valence electrons. The lowest BCUT2D eigenvalue weighted by Gasteiger charge is -2.12. The summed E-state index contributed by atoms with van der Waals surface area (Å²) in [7, 11) is 0. The molecule has 0 aliphatic carbocycles. The average molecular weight is 421 g/mol. The lowest BCUT2D eigenvalue weighted by atomic mass is 10.2. The quantitative estimate of drug-likeness (QED) is 0.623. The van der Waals surface area contributed by atoms with E-state index in [-0.39, 0.29) is 23.1 Å². The van der Waals surface area contributed by atoms with Crippen LogP contribution >= 0.6 is 0 Å². The highest BCUT2D eigenvalue weighted by Crippen LogP contribution is 2.25. The average Bonchev–Trinajstić information content (AvgIpc) is 3.26. The molecule has 0 spiro atoms. The van der Waals surface area contributed by atoms with Crippen molar-refractivity contribution in [3.05, 3.63) is 54.1 Å². The van der Waals surface area contributed by atoms with Crippen LogP contribution in [-0.2, 0) is 14.3 Å². The first-order chi connectivity index (χ1) is 14.5. The van der Waals surface area contributed by atoms with Gasteiger partial charge >= 0.3 is 12.6 Å². The molecule has 7 nitrogen and oxygen atoms in total. The van der Waals surface area contributed by atoms with Crippen LogP contribution in [0, 0.1) is 0 Å². The Morgan fingerprint density at radius 2 is 1.90 bits per heavy atom. The Morgan fingerprint density at radius 3 is 2.60 bits per heavy atom. The monoisotopic (exact) mass is 421 g/mol. The normalized spacial score (nSPS) is 15.6. The maximum Gasteiger partial charge on any atom is 0.387 e.